The maximum Gasteiger partial charge on any atom is 0.358 e. The Balaban J connectivity index is 2.26. The molecule has 0 bridgehead atoms. The van der Waals surface area contributed by atoms with Crippen LogP contribution in [0.3, 0.4) is 0 Å². The van der Waals surface area contributed by atoms with Crippen molar-refractivity contribution in [1.82, 2.24) is 20.0 Å². The van der Waals surface area contributed by atoms with Crippen molar-refractivity contribution in [2.75, 3.05) is 7.11 Å². The molecule has 0 radical (unpaired) electrons. The largest absolute Gasteiger partial charge is 0.476 e. The Labute approximate surface area is 113 Å². The van der Waals surface area contributed by atoms with Gasteiger partial charge in [-0.2, -0.15) is 0 Å². The molecule has 2 rings (SSSR count). The number of rotatable bonds is 6. The van der Waals surface area contributed by atoms with E-state index in [0.29, 0.717) is 12.2 Å². The third kappa shape index (κ3) is 2.96. The highest BCUT2D eigenvalue weighted by molar-refractivity contribution is 7.09. The van der Waals surface area contributed by atoms with Gasteiger partial charge in [0.2, 0.25) is 0 Å². The molecule has 102 valence electrons. The number of thiazole rings is 1. The summed E-state index contributed by atoms with van der Waals surface area (Å²) in [6.45, 7) is 2.59. The van der Waals surface area contributed by atoms with Crippen LogP contribution in [0.2, 0.25) is 0 Å². The van der Waals surface area contributed by atoms with E-state index >= 15 is 0 Å². The number of ether oxygens (including phenoxy) is 1. The highest BCUT2D eigenvalue weighted by Gasteiger charge is 2.19. The van der Waals surface area contributed by atoms with Gasteiger partial charge in [-0.3, -0.25) is 0 Å². The highest BCUT2D eigenvalue weighted by atomic mass is 32.1. The van der Waals surface area contributed by atoms with Crippen molar-refractivity contribution >= 4 is 17.3 Å². The fourth-order valence-electron chi connectivity index (χ4n) is 1.64. The minimum Gasteiger partial charge on any atom is -0.476 e. The number of carboxylic acid groups (broad SMARTS) is 1. The molecule has 0 saturated heterocycles. The molecule has 0 aliphatic heterocycles. The number of nitrogens with zero attached hydrogens (tertiary/aromatic N) is 4. The average Bonchev–Trinajstić information content (AvgIpc) is 2.98. The van der Waals surface area contributed by atoms with E-state index < -0.39 is 5.97 Å². The predicted octanol–water partition coefficient (Wildman–Crippen LogP) is 1.19. The normalized spacial score (nSPS) is 10.8. The van der Waals surface area contributed by atoms with Crippen LogP contribution in [0.1, 0.15) is 33.8 Å². The molecule has 2 aromatic rings. The number of aromatic nitrogens is 4. The first-order valence-electron chi connectivity index (χ1n) is 5.73. The van der Waals surface area contributed by atoms with Gasteiger partial charge in [0.1, 0.15) is 0 Å². The van der Waals surface area contributed by atoms with Crippen molar-refractivity contribution in [2.24, 2.45) is 0 Å². The first-order chi connectivity index (χ1) is 9.15. The van der Waals surface area contributed by atoms with E-state index in [0.717, 1.165) is 17.1 Å². The molecule has 2 aromatic heterocycles. The number of methoxy groups -OCH3 is 1. The maximum atomic E-state index is 11.0. The number of carboxylic acids is 1. The molecule has 0 fully saturated rings. The van der Waals surface area contributed by atoms with Crippen molar-refractivity contribution in [2.45, 2.75) is 26.5 Å². The Morgan fingerprint density at radius 3 is 2.95 bits per heavy atom. The van der Waals surface area contributed by atoms with Crippen molar-refractivity contribution in [3.8, 4) is 0 Å². The van der Waals surface area contributed by atoms with Gasteiger partial charge in [0.15, 0.2) is 5.69 Å². The Bertz CT molecular complexity index is 578. The van der Waals surface area contributed by atoms with Crippen LogP contribution >= 0.6 is 11.3 Å². The van der Waals surface area contributed by atoms with E-state index in [2.05, 4.69) is 15.3 Å². The zero-order valence-corrected chi connectivity index (χ0v) is 11.5. The molecule has 0 atom stereocenters. The lowest BCUT2D eigenvalue weighted by molar-refractivity contribution is 0.0684. The molecule has 7 nitrogen and oxygen atoms in total. The molecule has 2 heterocycles. The van der Waals surface area contributed by atoms with Gasteiger partial charge in [0, 0.05) is 12.5 Å². The summed E-state index contributed by atoms with van der Waals surface area (Å²) in [6, 6.07) is 0. The molecular weight excluding hydrogens is 268 g/mol. The molecule has 0 aromatic carbocycles. The lowest BCUT2D eigenvalue weighted by Gasteiger charge is -2.04. The molecule has 0 unspecified atom stereocenters. The summed E-state index contributed by atoms with van der Waals surface area (Å²) >= 11 is 1.58. The van der Waals surface area contributed by atoms with Crippen LogP contribution < -0.4 is 0 Å². The maximum absolute atomic E-state index is 11.0. The lowest BCUT2D eigenvalue weighted by atomic mass is 10.3. The van der Waals surface area contributed by atoms with E-state index in [1.54, 1.807) is 11.3 Å². The van der Waals surface area contributed by atoms with Gasteiger partial charge < -0.3 is 9.84 Å². The Hall–Kier alpha value is -1.80. The summed E-state index contributed by atoms with van der Waals surface area (Å²) in [6.07, 6.45) is 0.882. The third-order valence-electron chi connectivity index (χ3n) is 2.53. The van der Waals surface area contributed by atoms with Crippen LogP contribution in [-0.4, -0.2) is 38.2 Å². The van der Waals surface area contributed by atoms with Crippen LogP contribution in [0.15, 0.2) is 5.38 Å². The van der Waals surface area contributed by atoms with Gasteiger partial charge in [-0.25, -0.2) is 14.5 Å². The SMILES string of the molecule is CCc1nc(Cn2nnc(C(=O)O)c2COC)cs1. The molecule has 0 aliphatic rings. The Morgan fingerprint density at radius 1 is 1.58 bits per heavy atom. The zero-order valence-electron chi connectivity index (χ0n) is 10.7. The molecule has 8 heteroatoms. The van der Waals surface area contributed by atoms with Crippen LogP contribution in [0.25, 0.3) is 0 Å². The van der Waals surface area contributed by atoms with Crippen molar-refractivity contribution in [3.05, 3.63) is 27.5 Å². The van der Waals surface area contributed by atoms with E-state index in [-0.39, 0.29) is 12.3 Å². The highest BCUT2D eigenvalue weighted by Crippen LogP contribution is 2.14. The molecule has 0 spiro atoms. The molecule has 0 amide bonds. The van der Waals surface area contributed by atoms with Gasteiger partial charge in [-0.1, -0.05) is 12.1 Å². The molecule has 1 N–H and O–H groups in total. The Morgan fingerprint density at radius 2 is 2.37 bits per heavy atom. The monoisotopic (exact) mass is 282 g/mol. The predicted molar refractivity (Wildman–Crippen MR) is 68.3 cm³/mol. The second kappa shape index (κ2) is 5.89. The number of hydrogen-bond donors (Lipinski definition) is 1. The second-order valence-corrected chi connectivity index (χ2v) is 4.81. The average molecular weight is 282 g/mol. The van der Waals surface area contributed by atoms with Crippen LogP contribution in [-0.2, 0) is 24.3 Å². The number of carbonyl (C=O) groups is 1. The lowest BCUT2D eigenvalue weighted by Crippen LogP contribution is -2.10. The first kappa shape index (κ1) is 13.6. The minimum atomic E-state index is -1.11. The topological polar surface area (TPSA) is 90.1 Å². The van der Waals surface area contributed by atoms with Crippen LogP contribution in [0, 0.1) is 0 Å². The fourth-order valence-corrected chi connectivity index (χ4v) is 2.38. The molecular formula is C11H14N4O3S. The second-order valence-electron chi connectivity index (χ2n) is 3.87. The van der Waals surface area contributed by atoms with Crippen LogP contribution in [0.4, 0.5) is 0 Å². The summed E-state index contributed by atoms with van der Waals surface area (Å²) in [7, 11) is 1.50. The van der Waals surface area contributed by atoms with Gasteiger partial charge in [0.05, 0.1) is 29.5 Å². The van der Waals surface area contributed by atoms with E-state index in [1.807, 2.05) is 12.3 Å². The number of hydrogen-bond acceptors (Lipinski definition) is 6. The molecule has 19 heavy (non-hydrogen) atoms. The van der Waals surface area contributed by atoms with Crippen molar-refractivity contribution in [1.29, 1.82) is 0 Å². The fraction of sp³-hybridized carbons (Fsp3) is 0.455. The quantitative estimate of drug-likeness (QED) is 0.856. The summed E-state index contributed by atoms with van der Waals surface area (Å²) < 4.78 is 6.52. The number of aryl methyl sites for hydroxylation is 1. The number of aromatic carboxylic acids is 1. The van der Waals surface area contributed by atoms with Gasteiger partial charge in [0.25, 0.3) is 0 Å². The van der Waals surface area contributed by atoms with E-state index in [9.17, 15) is 4.79 Å². The van der Waals surface area contributed by atoms with Gasteiger partial charge in [-0.15, -0.1) is 16.4 Å². The van der Waals surface area contributed by atoms with E-state index in [1.165, 1.54) is 11.8 Å². The summed E-state index contributed by atoms with van der Waals surface area (Å²) in [5.41, 5.74) is 1.22. The van der Waals surface area contributed by atoms with Crippen molar-refractivity contribution < 1.29 is 14.6 Å². The standard InChI is InChI=1S/C11H14N4O3S/c1-3-9-12-7(6-19-9)4-15-8(5-18-2)10(11(16)17)13-14-15/h6H,3-5H2,1-2H3,(H,16,17). The van der Waals surface area contributed by atoms with Gasteiger partial charge in [-0.05, 0) is 6.42 Å². The minimum absolute atomic E-state index is 0.0761. The summed E-state index contributed by atoms with van der Waals surface area (Å²) in [5, 5.41) is 19.5. The smallest absolute Gasteiger partial charge is 0.358 e. The first-order valence-corrected chi connectivity index (χ1v) is 6.61. The third-order valence-corrected chi connectivity index (χ3v) is 3.58. The van der Waals surface area contributed by atoms with Crippen LogP contribution in [0.5, 0.6) is 0 Å². The zero-order chi connectivity index (χ0) is 13.8. The van der Waals surface area contributed by atoms with E-state index in [4.69, 9.17) is 9.84 Å². The summed E-state index contributed by atoms with van der Waals surface area (Å²) in [4.78, 5) is 15.4. The molecule has 0 saturated carbocycles. The van der Waals surface area contributed by atoms with Gasteiger partial charge >= 0.3 is 5.97 Å². The molecule has 0 aliphatic carbocycles. The Kier molecular flexibility index (Phi) is 4.23. The van der Waals surface area contributed by atoms with Crippen molar-refractivity contribution in [3.63, 3.8) is 0 Å². The summed E-state index contributed by atoms with van der Waals surface area (Å²) in [5.74, 6) is -1.11.